The lowest BCUT2D eigenvalue weighted by atomic mass is 9.86. The van der Waals surface area contributed by atoms with Crippen molar-refractivity contribution in [1.29, 1.82) is 0 Å². The molecule has 0 spiro atoms. The van der Waals surface area contributed by atoms with Crippen LogP contribution in [0.1, 0.15) is 61.5 Å². The van der Waals surface area contributed by atoms with Gasteiger partial charge in [0.05, 0.1) is 6.04 Å². The van der Waals surface area contributed by atoms with Gasteiger partial charge in [0.1, 0.15) is 5.60 Å². The summed E-state index contributed by atoms with van der Waals surface area (Å²) in [5.74, 6) is -0.0297. The van der Waals surface area contributed by atoms with E-state index in [-0.39, 0.29) is 30.1 Å². The molecule has 2 aliphatic rings. The fourth-order valence-electron chi connectivity index (χ4n) is 4.69. The van der Waals surface area contributed by atoms with Gasteiger partial charge in [0.2, 0.25) is 0 Å². The Bertz CT molecular complexity index is 858. The summed E-state index contributed by atoms with van der Waals surface area (Å²) in [5.41, 5.74) is 1.21. The number of amides is 2. The molecule has 2 fully saturated rings. The summed E-state index contributed by atoms with van der Waals surface area (Å²) in [6, 6.07) is 19.6. The number of hydrogen-bond acceptors (Lipinski definition) is 3. The van der Waals surface area contributed by atoms with Gasteiger partial charge in [0.25, 0.3) is 5.91 Å². The van der Waals surface area contributed by atoms with Crippen LogP contribution in [0.2, 0.25) is 0 Å². The van der Waals surface area contributed by atoms with E-state index in [4.69, 9.17) is 4.74 Å². The van der Waals surface area contributed by atoms with Crippen LogP contribution in [0.15, 0.2) is 60.7 Å². The van der Waals surface area contributed by atoms with Gasteiger partial charge >= 0.3 is 6.09 Å². The third kappa shape index (κ3) is 4.00. The van der Waals surface area contributed by atoms with Crippen molar-refractivity contribution < 1.29 is 14.3 Å². The molecule has 1 saturated carbocycles. The highest BCUT2D eigenvalue weighted by Gasteiger charge is 2.51. The van der Waals surface area contributed by atoms with Crippen LogP contribution in [0, 0.1) is 0 Å². The average molecular weight is 392 g/mol. The summed E-state index contributed by atoms with van der Waals surface area (Å²) >= 11 is 0. The lowest BCUT2D eigenvalue weighted by Gasteiger charge is -2.38. The van der Waals surface area contributed by atoms with Crippen molar-refractivity contribution in [2.75, 3.05) is 0 Å². The van der Waals surface area contributed by atoms with Gasteiger partial charge in [-0.05, 0) is 57.2 Å². The van der Waals surface area contributed by atoms with E-state index in [1.165, 1.54) is 0 Å². The van der Waals surface area contributed by atoms with E-state index in [9.17, 15) is 9.59 Å². The quantitative estimate of drug-likeness (QED) is 0.820. The Hall–Kier alpha value is -2.82. The SMILES string of the molecule is CC1(C)OC(=O)N(C2CCC(NC(=O)c3ccccc3)CC2)C1c1ccccc1. The maximum Gasteiger partial charge on any atom is 0.411 e. The zero-order valence-corrected chi connectivity index (χ0v) is 17.0. The minimum Gasteiger partial charge on any atom is -0.441 e. The van der Waals surface area contributed by atoms with Crippen LogP contribution < -0.4 is 5.32 Å². The molecule has 1 saturated heterocycles. The summed E-state index contributed by atoms with van der Waals surface area (Å²) in [6.07, 6.45) is 3.19. The molecule has 1 aliphatic carbocycles. The Morgan fingerprint density at radius 1 is 0.966 bits per heavy atom. The monoisotopic (exact) mass is 392 g/mol. The smallest absolute Gasteiger partial charge is 0.411 e. The first kappa shape index (κ1) is 19.5. The number of carbonyl (C=O) groups excluding carboxylic acids is 2. The van der Waals surface area contributed by atoms with E-state index < -0.39 is 5.60 Å². The summed E-state index contributed by atoms with van der Waals surface area (Å²) in [7, 11) is 0. The molecule has 2 aromatic rings. The second-order valence-corrected chi connectivity index (χ2v) is 8.54. The summed E-state index contributed by atoms with van der Waals surface area (Å²) in [6.45, 7) is 3.96. The normalized spacial score (nSPS) is 26.1. The molecular weight excluding hydrogens is 364 g/mol. The van der Waals surface area contributed by atoms with Crippen LogP contribution in [0.3, 0.4) is 0 Å². The topological polar surface area (TPSA) is 58.6 Å². The van der Waals surface area contributed by atoms with Crippen molar-refractivity contribution in [3.63, 3.8) is 0 Å². The molecule has 5 nitrogen and oxygen atoms in total. The molecule has 1 unspecified atom stereocenters. The molecule has 2 aromatic carbocycles. The van der Waals surface area contributed by atoms with Crippen LogP contribution in [0.4, 0.5) is 4.79 Å². The predicted molar refractivity (Wildman–Crippen MR) is 112 cm³/mol. The summed E-state index contributed by atoms with van der Waals surface area (Å²) in [4.78, 5) is 27.1. The van der Waals surface area contributed by atoms with Gasteiger partial charge in [-0.25, -0.2) is 4.79 Å². The predicted octanol–water partition coefficient (Wildman–Crippen LogP) is 4.70. The number of rotatable bonds is 4. The molecule has 2 amide bonds. The second-order valence-electron chi connectivity index (χ2n) is 8.54. The molecule has 0 bridgehead atoms. The van der Waals surface area contributed by atoms with Crippen LogP contribution in [0.25, 0.3) is 0 Å². The first-order valence-corrected chi connectivity index (χ1v) is 10.4. The number of hydrogen-bond donors (Lipinski definition) is 1. The van der Waals surface area contributed by atoms with E-state index in [2.05, 4.69) is 17.4 Å². The number of cyclic esters (lactones) is 1. The lowest BCUT2D eigenvalue weighted by molar-refractivity contribution is 0.0663. The number of ether oxygens (including phenoxy) is 1. The molecular formula is C24H28N2O3. The molecule has 1 aliphatic heterocycles. The molecule has 29 heavy (non-hydrogen) atoms. The van der Waals surface area contributed by atoms with Gasteiger partial charge in [0.15, 0.2) is 0 Å². The average Bonchev–Trinajstić information content (AvgIpc) is 2.98. The molecule has 0 aromatic heterocycles. The fraction of sp³-hybridized carbons (Fsp3) is 0.417. The van der Waals surface area contributed by atoms with E-state index in [0.717, 1.165) is 31.2 Å². The minimum atomic E-state index is -0.573. The highest BCUT2D eigenvalue weighted by molar-refractivity contribution is 5.94. The van der Waals surface area contributed by atoms with E-state index in [0.29, 0.717) is 5.56 Å². The van der Waals surface area contributed by atoms with Crippen LogP contribution in [-0.2, 0) is 4.74 Å². The molecule has 4 rings (SSSR count). The summed E-state index contributed by atoms with van der Waals surface area (Å²) in [5, 5.41) is 3.14. The van der Waals surface area contributed by atoms with Crippen LogP contribution >= 0.6 is 0 Å². The van der Waals surface area contributed by atoms with Crippen molar-refractivity contribution in [1.82, 2.24) is 10.2 Å². The van der Waals surface area contributed by atoms with E-state index in [1.54, 1.807) is 0 Å². The van der Waals surface area contributed by atoms with Crippen molar-refractivity contribution in [3.05, 3.63) is 71.8 Å². The van der Waals surface area contributed by atoms with Crippen LogP contribution in [-0.4, -0.2) is 34.6 Å². The Morgan fingerprint density at radius 3 is 2.17 bits per heavy atom. The van der Waals surface area contributed by atoms with Crippen LogP contribution in [0.5, 0.6) is 0 Å². The molecule has 1 N–H and O–H groups in total. The minimum absolute atomic E-state index is 0.0297. The molecule has 0 radical (unpaired) electrons. The molecule has 1 heterocycles. The van der Waals surface area contributed by atoms with E-state index >= 15 is 0 Å². The fourth-order valence-corrected chi connectivity index (χ4v) is 4.69. The Morgan fingerprint density at radius 2 is 1.55 bits per heavy atom. The first-order chi connectivity index (χ1) is 14.0. The third-order valence-electron chi connectivity index (χ3n) is 6.07. The highest BCUT2D eigenvalue weighted by atomic mass is 16.6. The van der Waals surface area contributed by atoms with Gasteiger partial charge in [0, 0.05) is 17.6 Å². The van der Waals surface area contributed by atoms with Gasteiger partial charge in [-0.1, -0.05) is 48.5 Å². The number of nitrogens with one attached hydrogen (secondary N) is 1. The first-order valence-electron chi connectivity index (χ1n) is 10.4. The maximum atomic E-state index is 12.8. The van der Waals surface area contributed by atoms with Gasteiger partial charge in [-0.2, -0.15) is 0 Å². The van der Waals surface area contributed by atoms with Gasteiger partial charge in [-0.3, -0.25) is 9.69 Å². The van der Waals surface area contributed by atoms with Crippen molar-refractivity contribution in [3.8, 4) is 0 Å². The lowest BCUT2D eigenvalue weighted by Crippen LogP contribution is -2.46. The second kappa shape index (κ2) is 7.90. The largest absolute Gasteiger partial charge is 0.441 e. The molecule has 5 heteroatoms. The maximum absolute atomic E-state index is 12.8. The van der Waals surface area contributed by atoms with Gasteiger partial charge in [-0.15, -0.1) is 0 Å². The number of benzene rings is 2. The zero-order chi connectivity index (χ0) is 20.4. The summed E-state index contributed by atoms with van der Waals surface area (Å²) < 4.78 is 5.75. The Kier molecular flexibility index (Phi) is 5.31. The number of nitrogens with zero attached hydrogens (tertiary/aromatic N) is 1. The molecule has 152 valence electrons. The molecule has 1 atom stereocenters. The highest BCUT2D eigenvalue weighted by Crippen LogP contribution is 2.44. The van der Waals surface area contributed by atoms with E-state index in [1.807, 2.05) is 67.3 Å². The number of carbonyl (C=O) groups is 2. The third-order valence-corrected chi connectivity index (χ3v) is 6.07. The zero-order valence-electron chi connectivity index (χ0n) is 17.0. The van der Waals surface area contributed by atoms with Crippen molar-refractivity contribution >= 4 is 12.0 Å². The van der Waals surface area contributed by atoms with Gasteiger partial charge < -0.3 is 10.1 Å². The Labute approximate surface area is 172 Å². The van der Waals surface area contributed by atoms with Crippen molar-refractivity contribution in [2.24, 2.45) is 0 Å². The standard InChI is InChI=1S/C24H28N2O3/c1-24(2)21(17-9-5-3-6-10-17)26(23(28)29-24)20-15-13-19(14-16-20)25-22(27)18-11-7-4-8-12-18/h3-12,19-21H,13-16H2,1-2H3,(H,25,27). The van der Waals surface area contributed by atoms with Crippen molar-refractivity contribution in [2.45, 2.75) is 63.3 Å². The Balaban J connectivity index is 1.43.